The van der Waals surface area contributed by atoms with Crippen LogP contribution in [0.1, 0.15) is 11.1 Å². The molecule has 0 radical (unpaired) electrons. The minimum absolute atomic E-state index is 0.259. The van der Waals surface area contributed by atoms with E-state index in [9.17, 15) is 8.42 Å². The van der Waals surface area contributed by atoms with Gasteiger partial charge in [-0.3, -0.25) is 4.98 Å². The highest BCUT2D eigenvalue weighted by molar-refractivity contribution is 9.10. The Balaban J connectivity index is 2.34. The second-order valence-corrected chi connectivity index (χ2v) is 7.90. The largest absolute Gasteiger partial charge is 0.383 e. The van der Waals surface area contributed by atoms with E-state index in [0.717, 1.165) is 15.6 Å². The van der Waals surface area contributed by atoms with Crippen LogP contribution in [0.2, 0.25) is 0 Å². The smallest absolute Gasteiger partial charge is 0.243 e. The van der Waals surface area contributed by atoms with E-state index in [-0.39, 0.29) is 18.0 Å². The van der Waals surface area contributed by atoms with E-state index in [0.29, 0.717) is 6.61 Å². The first kappa shape index (κ1) is 18.1. The number of aromatic nitrogens is 1. The summed E-state index contributed by atoms with van der Waals surface area (Å²) < 4.78 is 33.2. The molecule has 2 rings (SSSR count). The van der Waals surface area contributed by atoms with Crippen molar-refractivity contribution in [2.75, 3.05) is 20.3 Å². The molecule has 1 aromatic heterocycles. The van der Waals surface area contributed by atoms with E-state index >= 15 is 0 Å². The lowest BCUT2D eigenvalue weighted by Crippen LogP contribution is -2.33. The quantitative estimate of drug-likeness (QED) is 0.718. The summed E-state index contributed by atoms with van der Waals surface area (Å²) in [5, 5.41) is 0. The Morgan fingerprint density at radius 1 is 1.30 bits per heavy atom. The standard InChI is InChI=1S/C16H19BrN2O3S/c1-13-10-15(5-6-16(13)17)23(20,21)19(8-9-22-2)12-14-4-3-7-18-11-14/h3-7,10-11H,8-9,12H2,1-2H3. The van der Waals surface area contributed by atoms with Crippen molar-refractivity contribution in [1.82, 2.24) is 9.29 Å². The number of methoxy groups -OCH3 is 1. The molecule has 2 aromatic rings. The molecule has 0 aliphatic heterocycles. The molecule has 124 valence electrons. The summed E-state index contributed by atoms with van der Waals surface area (Å²) in [6.45, 7) is 2.73. The van der Waals surface area contributed by atoms with Gasteiger partial charge in [0, 0.05) is 37.1 Å². The summed E-state index contributed by atoms with van der Waals surface area (Å²) in [5.41, 5.74) is 1.71. The third kappa shape index (κ3) is 4.60. The van der Waals surface area contributed by atoms with Gasteiger partial charge in [0.25, 0.3) is 0 Å². The summed E-state index contributed by atoms with van der Waals surface area (Å²) >= 11 is 3.39. The molecule has 0 spiro atoms. The number of ether oxygens (including phenoxy) is 1. The molecule has 0 aliphatic carbocycles. The van der Waals surface area contributed by atoms with E-state index in [1.807, 2.05) is 13.0 Å². The number of aryl methyl sites for hydroxylation is 1. The average Bonchev–Trinajstić information content (AvgIpc) is 2.54. The molecule has 5 nitrogen and oxygen atoms in total. The molecule has 0 unspecified atom stereocenters. The highest BCUT2D eigenvalue weighted by atomic mass is 79.9. The molecule has 0 saturated carbocycles. The Morgan fingerprint density at radius 2 is 2.09 bits per heavy atom. The van der Waals surface area contributed by atoms with Crippen LogP contribution in [0.3, 0.4) is 0 Å². The van der Waals surface area contributed by atoms with Crippen molar-refractivity contribution in [3.05, 3.63) is 58.3 Å². The maximum Gasteiger partial charge on any atom is 0.243 e. The molecular weight excluding hydrogens is 380 g/mol. The lowest BCUT2D eigenvalue weighted by Gasteiger charge is -2.22. The fourth-order valence-corrected chi connectivity index (χ4v) is 3.84. The summed E-state index contributed by atoms with van der Waals surface area (Å²) in [6.07, 6.45) is 3.33. The zero-order valence-electron chi connectivity index (χ0n) is 13.1. The van der Waals surface area contributed by atoms with Crippen molar-refractivity contribution in [3.63, 3.8) is 0 Å². The van der Waals surface area contributed by atoms with E-state index in [1.54, 1.807) is 43.8 Å². The number of hydrogen-bond donors (Lipinski definition) is 0. The summed E-state index contributed by atoms with van der Waals surface area (Å²) in [5.74, 6) is 0. The van der Waals surface area contributed by atoms with Crippen LogP contribution in [0, 0.1) is 6.92 Å². The van der Waals surface area contributed by atoms with Gasteiger partial charge in [0.15, 0.2) is 0 Å². The van der Waals surface area contributed by atoms with Crippen molar-refractivity contribution in [3.8, 4) is 0 Å². The minimum Gasteiger partial charge on any atom is -0.383 e. The number of nitrogens with zero attached hydrogens (tertiary/aromatic N) is 2. The topological polar surface area (TPSA) is 59.5 Å². The van der Waals surface area contributed by atoms with Crippen molar-refractivity contribution in [2.45, 2.75) is 18.4 Å². The molecular formula is C16H19BrN2O3S. The third-order valence-corrected chi connectivity index (χ3v) is 6.12. The Kier molecular flexibility index (Phi) is 6.29. The first-order valence-corrected chi connectivity index (χ1v) is 9.32. The molecule has 23 heavy (non-hydrogen) atoms. The molecule has 1 heterocycles. The highest BCUT2D eigenvalue weighted by Gasteiger charge is 2.25. The second kappa shape index (κ2) is 8.01. The molecule has 7 heteroatoms. The van der Waals surface area contributed by atoms with Gasteiger partial charge in [0.2, 0.25) is 10.0 Å². The van der Waals surface area contributed by atoms with Crippen molar-refractivity contribution in [1.29, 1.82) is 0 Å². The van der Waals surface area contributed by atoms with Crippen LogP contribution in [-0.4, -0.2) is 38.0 Å². The monoisotopic (exact) mass is 398 g/mol. The van der Waals surface area contributed by atoms with E-state index in [4.69, 9.17) is 4.74 Å². The van der Waals surface area contributed by atoms with E-state index in [2.05, 4.69) is 20.9 Å². The Morgan fingerprint density at radius 3 is 2.70 bits per heavy atom. The molecule has 0 atom stereocenters. The fourth-order valence-electron chi connectivity index (χ4n) is 2.10. The van der Waals surface area contributed by atoms with Crippen LogP contribution in [0.4, 0.5) is 0 Å². The lowest BCUT2D eigenvalue weighted by molar-refractivity contribution is 0.177. The Bertz CT molecular complexity index is 751. The van der Waals surface area contributed by atoms with E-state index < -0.39 is 10.0 Å². The van der Waals surface area contributed by atoms with Crippen LogP contribution in [0.25, 0.3) is 0 Å². The van der Waals surface area contributed by atoms with Gasteiger partial charge in [-0.1, -0.05) is 22.0 Å². The second-order valence-electron chi connectivity index (χ2n) is 5.10. The van der Waals surface area contributed by atoms with E-state index in [1.165, 1.54) is 4.31 Å². The molecule has 0 saturated heterocycles. The normalized spacial score (nSPS) is 11.8. The third-order valence-electron chi connectivity index (χ3n) is 3.39. The van der Waals surface area contributed by atoms with Gasteiger partial charge in [0.05, 0.1) is 11.5 Å². The number of rotatable bonds is 7. The Labute approximate surface area is 145 Å². The van der Waals surface area contributed by atoms with Gasteiger partial charge in [0.1, 0.15) is 0 Å². The lowest BCUT2D eigenvalue weighted by atomic mass is 10.2. The number of benzene rings is 1. The first-order chi connectivity index (χ1) is 10.9. The predicted molar refractivity (Wildman–Crippen MR) is 92.6 cm³/mol. The number of pyridine rings is 1. The molecule has 0 fully saturated rings. The van der Waals surface area contributed by atoms with Gasteiger partial charge in [-0.25, -0.2) is 8.42 Å². The SMILES string of the molecule is COCCN(Cc1cccnc1)S(=O)(=O)c1ccc(Br)c(C)c1. The average molecular weight is 399 g/mol. The summed E-state index contributed by atoms with van der Waals surface area (Å²) in [4.78, 5) is 4.32. The number of halogens is 1. The van der Waals surface area contributed by atoms with Crippen molar-refractivity contribution >= 4 is 26.0 Å². The van der Waals surface area contributed by atoms with Crippen LogP contribution in [0.5, 0.6) is 0 Å². The molecule has 0 bridgehead atoms. The molecule has 1 aromatic carbocycles. The number of hydrogen-bond acceptors (Lipinski definition) is 4. The van der Waals surface area contributed by atoms with Crippen LogP contribution < -0.4 is 0 Å². The van der Waals surface area contributed by atoms with Crippen LogP contribution in [-0.2, 0) is 21.3 Å². The van der Waals surface area contributed by atoms with Gasteiger partial charge >= 0.3 is 0 Å². The Hall–Kier alpha value is -1.28. The minimum atomic E-state index is -3.61. The maximum atomic E-state index is 12.9. The molecule has 0 amide bonds. The zero-order valence-corrected chi connectivity index (χ0v) is 15.5. The van der Waals surface area contributed by atoms with Gasteiger partial charge < -0.3 is 4.74 Å². The maximum absolute atomic E-state index is 12.9. The van der Waals surface area contributed by atoms with Gasteiger partial charge in [-0.15, -0.1) is 0 Å². The predicted octanol–water partition coefficient (Wildman–Crippen LogP) is 2.99. The number of sulfonamides is 1. The highest BCUT2D eigenvalue weighted by Crippen LogP contribution is 2.23. The molecule has 0 N–H and O–H groups in total. The zero-order chi connectivity index (χ0) is 16.9. The fraction of sp³-hybridized carbons (Fsp3) is 0.312. The first-order valence-electron chi connectivity index (χ1n) is 7.09. The summed E-state index contributed by atoms with van der Waals surface area (Å²) in [7, 11) is -2.05. The van der Waals surface area contributed by atoms with Crippen LogP contribution >= 0.6 is 15.9 Å². The van der Waals surface area contributed by atoms with Crippen molar-refractivity contribution < 1.29 is 13.2 Å². The van der Waals surface area contributed by atoms with Crippen molar-refractivity contribution in [2.24, 2.45) is 0 Å². The molecule has 0 aliphatic rings. The van der Waals surface area contributed by atoms with Gasteiger partial charge in [-0.05, 0) is 42.3 Å². The van der Waals surface area contributed by atoms with Crippen LogP contribution in [0.15, 0.2) is 52.1 Å². The summed E-state index contributed by atoms with van der Waals surface area (Å²) in [6, 6.07) is 8.67. The van der Waals surface area contributed by atoms with Gasteiger partial charge in [-0.2, -0.15) is 4.31 Å².